The van der Waals surface area contributed by atoms with Crippen molar-refractivity contribution in [3.05, 3.63) is 35.1 Å². The average molecular weight is 273 g/mol. The van der Waals surface area contributed by atoms with Crippen LogP contribution in [0.4, 0.5) is 26.3 Å². The maximum absolute atomic E-state index is 13.1. The van der Waals surface area contributed by atoms with Gasteiger partial charge in [0.1, 0.15) is 12.4 Å². The molecule has 0 saturated carbocycles. The molecule has 1 aromatic carbocycles. The molecule has 0 fully saturated rings. The van der Waals surface area contributed by atoms with Gasteiger partial charge in [0, 0.05) is 0 Å². The van der Waals surface area contributed by atoms with E-state index in [1.165, 1.54) is 0 Å². The monoisotopic (exact) mass is 273 g/mol. The number of nitrogens with two attached hydrogens (primary N) is 1. The zero-order valence-corrected chi connectivity index (χ0v) is 8.81. The van der Waals surface area contributed by atoms with Gasteiger partial charge in [0.05, 0.1) is 11.6 Å². The number of aliphatic hydroxyl groups is 1. The van der Waals surface area contributed by atoms with Gasteiger partial charge in [-0.1, -0.05) is 0 Å². The Kier molecular flexibility index (Phi) is 3.92. The van der Waals surface area contributed by atoms with Gasteiger partial charge in [-0.15, -0.1) is 0 Å². The van der Waals surface area contributed by atoms with Crippen molar-refractivity contribution >= 4 is 0 Å². The minimum absolute atomic E-state index is 0.289. The molecule has 3 N–H and O–H groups in total. The van der Waals surface area contributed by atoms with Crippen molar-refractivity contribution in [2.24, 2.45) is 5.73 Å². The highest BCUT2D eigenvalue weighted by Crippen LogP contribution is 2.38. The van der Waals surface area contributed by atoms with Gasteiger partial charge in [0.2, 0.25) is 0 Å². The molecule has 0 heterocycles. The summed E-state index contributed by atoms with van der Waals surface area (Å²) in [4.78, 5) is 0. The first-order valence-electron chi connectivity index (χ1n) is 4.70. The Morgan fingerprint density at radius 1 is 1.17 bits per heavy atom. The van der Waals surface area contributed by atoms with Crippen LogP contribution in [0.25, 0.3) is 0 Å². The SMILES string of the molecule is N[C@H](c1cc(F)ccc1C(F)(F)F)C(F)(F)CO. The first-order chi connectivity index (χ1) is 8.09. The van der Waals surface area contributed by atoms with Gasteiger partial charge in [-0.3, -0.25) is 0 Å². The van der Waals surface area contributed by atoms with Gasteiger partial charge < -0.3 is 10.8 Å². The summed E-state index contributed by atoms with van der Waals surface area (Å²) in [5.41, 5.74) is 2.42. The van der Waals surface area contributed by atoms with E-state index in [4.69, 9.17) is 10.8 Å². The summed E-state index contributed by atoms with van der Waals surface area (Å²) in [5.74, 6) is -5.10. The number of aliphatic hydroxyl groups excluding tert-OH is 1. The highest BCUT2D eigenvalue weighted by molar-refractivity contribution is 5.34. The van der Waals surface area contributed by atoms with Crippen molar-refractivity contribution in [2.75, 3.05) is 6.61 Å². The molecule has 0 spiro atoms. The van der Waals surface area contributed by atoms with Gasteiger partial charge in [-0.25, -0.2) is 13.2 Å². The Hall–Kier alpha value is -1.28. The lowest BCUT2D eigenvalue weighted by atomic mass is 9.96. The van der Waals surface area contributed by atoms with E-state index >= 15 is 0 Å². The molecule has 0 unspecified atom stereocenters. The quantitative estimate of drug-likeness (QED) is 0.831. The second-order valence-corrected chi connectivity index (χ2v) is 3.63. The lowest BCUT2D eigenvalue weighted by molar-refractivity contribution is -0.140. The van der Waals surface area contributed by atoms with Crippen molar-refractivity contribution in [2.45, 2.75) is 18.1 Å². The molecule has 18 heavy (non-hydrogen) atoms. The van der Waals surface area contributed by atoms with E-state index in [9.17, 15) is 26.3 Å². The summed E-state index contributed by atoms with van der Waals surface area (Å²) >= 11 is 0. The second-order valence-electron chi connectivity index (χ2n) is 3.63. The van der Waals surface area contributed by atoms with E-state index in [1.54, 1.807) is 0 Å². The number of rotatable bonds is 3. The van der Waals surface area contributed by atoms with Crippen LogP contribution in [0.15, 0.2) is 18.2 Å². The molecule has 1 atom stereocenters. The van der Waals surface area contributed by atoms with Crippen LogP contribution in [0.3, 0.4) is 0 Å². The molecular weight excluding hydrogens is 264 g/mol. The topological polar surface area (TPSA) is 46.2 Å². The standard InChI is InChI=1S/C10H9F6NO/c11-5-1-2-7(10(14,15)16)6(3-5)8(17)9(12,13)4-18/h1-3,8,18H,4,17H2/t8-/m1/s1. The molecule has 8 heteroatoms. The number of benzene rings is 1. The fourth-order valence-electron chi connectivity index (χ4n) is 1.37. The van der Waals surface area contributed by atoms with E-state index in [0.29, 0.717) is 12.1 Å². The third kappa shape index (κ3) is 2.94. The van der Waals surface area contributed by atoms with Gasteiger partial charge in [-0.2, -0.15) is 13.2 Å². The highest BCUT2D eigenvalue weighted by atomic mass is 19.4. The minimum atomic E-state index is -4.94. The summed E-state index contributed by atoms with van der Waals surface area (Å²) in [6.07, 6.45) is -4.94. The van der Waals surface area contributed by atoms with Crippen LogP contribution in [-0.4, -0.2) is 17.6 Å². The van der Waals surface area contributed by atoms with Crippen molar-refractivity contribution in [3.63, 3.8) is 0 Å². The van der Waals surface area contributed by atoms with Gasteiger partial charge in [0.25, 0.3) is 5.92 Å². The molecule has 0 amide bonds. The maximum atomic E-state index is 13.1. The average Bonchev–Trinajstić information content (AvgIpc) is 2.26. The Bertz CT molecular complexity index is 431. The zero-order chi connectivity index (χ0) is 14.1. The van der Waals surface area contributed by atoms with Crippen LogP contribution in [0.5, 0.6) is 0 Å². The van der Waals surface area contributed by atoms with Crippen molar-refractivity contribution in [3.8, 4) is 0 Å². The normalized spacial score (nSPS) is 14.7. The zero-order valence-electron chi connectivity index (χ0n) is 8.81. The van der Waals surface area contributed by atoms with Crippen LogP contribution in [0.1, 0.15) is 17.2 Å². The highest BCUT2D eigenvalue weighted by Gasteiger charge is 2.43. The Balaban J connectivity index is 3.34. The van der Waals surface area contributed by atoms with Gasteiger partial charge >= 0.3 is 6.18 Å². The van der Waals surface area contributed by atoms with E-state index in [1.807, 2.05) is 0 Å². The molecule has 0 aliphatic carbocycles. The van der Waals surface area contributed by atoms with Crippen LogP contribution in [0.2, 0.25) is 0 Å². The first kappa shape index (κ1) is 14.8. The lowest BCUT2D eigenvalue weighted by Crippen LogP contribution is -2.37. The largest absolute Gasteiger partial charge is 0.416 e. The summed E-state index contributed by atoms with van der Waals surface area (Å²) in [6.45, 7) is -1.73. The van der Waals surface area contributed by atoms with E-state index < -0.39 is 41.7 Å². The van der Waals surface area contributed by atoms with E-state index in [2.05, 4.69) is 0 Å². The molecule has 0 aliphatic rings. The molecule has 1 aromatic rings. The van der Waals surface area contributed by atoms with Crippen molar-refractivity contribution in [1.82, 2.24) is 0 Å². The Morgan fingerprint density at radius 3 is 2.17 bits per heavy atom. The molecule has 0 radical (unpaired) electrons. The number of halogens is 6. The number of hydrogen-bond acceptors (Lipinski definition) is 2. The molecule has 0 saturated heterocycles. The van der Waals surface area contributed by atoms with E-state index in [-0.39, 0.29) is 6.07 Å². The molecule has 2 nitrogen and oxygen atoms in total. The van der Waals surface area contributed by atoms with Crippen LogP contribution in [0, 0.1) is 5.82 Å². The van der Waals surface area contributed by atoms with Crippen molar-refractivity contribution < 1.29 is 31.4 Å². The summed E-state index contributed by atoms with van der Waals surface area (Å²) in [6, 6.07) is -1.33. The van der Waals surface area contributed by atoms with E-state index in [0.717, 1.165) is 0 Å². The predicted octanol–water partition coefficient (Wildman–Crippen LogP) is 2.47. The number of alkyl halides is 5. The molecule has 102 valence electrons. The Labute approximate surface area is 98.0 Å². The molecule has 0 aliphatic heterocycles. The summed E-state index contributed by atoms with van der Waals surface area (Å²) in [5, 5.41) is 8.38. The number of hydrogen-bond donors (Lipinski definition) is 2. The van der Waals surface area contributed by atoms with Crippen LogP contribution >= 0.6 is 0 Å². The molecule has 0 bridgehead atoms. The van der Waals surface area contributed by atoms with Crippen LogP contribution < -0.4 is 5.73 Å². The first-order valence-corrected chi connectivity index (χ1v) is 4.70. The second kappa shape index (κ2) is 4.77. The molecule has 1 rings (SSSR count). The summed E-state index contributed by atoms with van der Waals surface area (Å²) < 4.78 is 76.6. The smallest absolute Gasteiger partial charge is 0.390 e. The van der Waals surface area contributed by atoms with Crippen LogP contribution in [-0.2, 0) is 6.18 Å². The van der Waals surface area contributed by atoms with Gasteiger partial charge in [-0.05, 0) is 23.8 Å². The third-order valence-electron chi connectivity index (χ3n) is 2.32. The lowest BCUT2D eigenvalue weighted by Gasteiger charge is -2.24. The molecule has 0 aromatic heterocycles. The fourth-order valence-corrected chi connectivity index (χ4v) is 1.37. The fraction of sp³-hybridized carbons (Fsp3) is 0.400. The van der Waals surface area contributed by atoms with Crippen molar-refractivity contribution in [1.29, 1.82) is 0 Å². The third-order valence-corrected chi connectivity index (χ3v) is 2.32. The summed E-state index contributed by atoms with van der Waals surface area (Å²) in [7, 11) is 0. The minimum Gasteiger partial charge on any atom is -0.390 e. The predicted molar refractivity (Wildman–Crippen MR) is 50.4 cm³/mol. The Morgan fingerprint density at radius 2 is 1.72 bits per heavy atom. The van der Waals surface area contributed by atoms with Gasteiger partial charge in [0.15, 0.2) is 0 Å². The molecular formula is C10H9F6NO. The maximum Gasteiger partial charge on any atom is 0.416 e.